The number of hydrogen-bond donors (Lipinski definition) is 0. The first-order chi connectivity index (χ1) is 6.35. The lowest BCUT2D eigenvalue weighted by Crippen LogP contribution is -2.55. The number of carbonyl (C=O) groups excluding carboxylic acids is 1. The smallest absolute Gasteiger partial charge is 0.460 e. The van der Waals surface area contributed by atoms with E-state index in [1.165, 1.54) is 0 Å². The van der Waals surface area contributed by atoms with Gasteiger partial charge in [0.05, 0.1) is 5.97 Å². The van der Waals surface area contributed by atoms with Gasteiger partial charge in [-0.25, -0.2) is 0 Å². The molecule has 0 atom stereocenters. The maximum absolute atomic E-state index is 12.4. The van der Waals surface area contributed by atoms with Gasteiger partial charge in [-0.2, -0.15) is 30.7 Å². The van der Waals surface area contributed by atoms with Crippen LogP contribution in [0.1, 0.15) is 0 Å². The quantitative estimate of drug-likeness (QED) is 0.547. The fourth-order valence-corrected chi connectivity index (χ4v) is 0.496. The molecule has 15 heavy (non-hydrogen) atoms. The molecule has 0 rings (SSSR count). The second-order valence-corrected chi connectivity index (χ2v) is 2.41. The van der Waals surface area contributed by atoms with E-state index in [4.69, 9.17) is 0 Å². The Morgan fingerprint density at radius 2 is 1.33 bits per heavy atom. The van der Waals surface area contributed by atoms with Crippen molar-refractivity contribution in [3.63, 3.8) is 0 Å². The predicted octanol–water partition coefficient (Wildman–Crippen LogP) is 1.13. The molecule has 0 aromatic carbocycles. The summed E-state index contributed by atoms with van der Waals surface area (Å²) in [6, 6.07) is 0. The predicted molar refractivity (Wildman–Crippen MR) is 30.1 cm³/mol. The van der Waals surface area contributed by atoms with E-state index >= 15 is 0 Å². The summed E-state index contributed by atoms with van der Waals surface area (Å²) >= 11 is 0. The third-order valence-electron chi connectivity index (χ3n) is 1.38. The van der Waals surface area contributed by atoms with E-state index in [1.807, 2.05) is 6.58 Å². The van der Waals surface area contributed by atoms with Crippen LogP contribution >= 0.6 is 0 Å². The van der Waals surface area contributed by atoms with Gasteiger partial charge in [-0.1, -0.05) is 6.58 Å². The highest BCUT2D eigenvalue weighted by Gasteiger charge is 2.73. The molecule has 0 saturated carbocycles. The van der Waals surface area contributed by atoms with E-state index in [2.05, 4.69) is 0 Å². The maximum Gasteiger partial charge on any atom is 0.460 e. The molecule has 0 saturated heterocycles. The lowest BCUT2D eigenvalue weighted by atomic mass is 10.0. The average molecular weight is 239 g/mol. The van der Waals surface area contributed by atoms with Crippen LogP contribution in [0, 0.1) is 0 Å². The van der Waals surface area contributed by atoms with Crippen LogP contribution in [0.25, 0.3) is 0 Å². The minimum absolute atomic E-state index is 1.91. The standard InChI is InChI=1S/C6H3F7O2/c1-2(3(14)15)4(7,8)5(9,10)6(11,12)13/h1H2,(H,14,15)/p-1. The Hall–Kier alpha value is -1.28. The minimum Gasteiger partial charge on any atom is -0.545 e. The number of carbonyl (C=O) groups is 1. The van der Waals surface area contributed by atoms with Gasteiger partial charge in [0.2, 0.25) is 0 Å². The molecule has 0 aromatic heterocycles. The van der Waals surface area contributed by atoms with Crippen molar-refractivity contribution in [2.45, 2.75) is 18.0 Å². The van der Waals surface area contributed by atoms with Crippen LogP contribution in [0.4, 0.5) is 30.7 Å². The normalized spacial score (nSPS) is 13.8. The molecule has 0 amide bonds. The first kappa shape index (κ1) is 13.7. The Bertz CT molecular complexity index is 290. The van der Waals surface area contributed by atoms with Crippen molar-refractivity contribution in [1.29, 1.82) is 0 Å². The second-order valence-electron chi connectivity index (χ2n) is 2.41. The maximum atomic E-state index is 12.4. The molecule has 0 aliphatic rings. The summed E-state index contributed by atoms with van der Waals surface area (Å²) in [5.74, 6) is -15.4. The van der Waals surface area contributed by atoms with Crippen LogP contribution in [0.2, 0.25) is 0 Å². The van der Waals surface area contributed by atoms with Crippen LogP contribution in [0.5, 0.6) is 0 Å². The van der Waals surface area contributed by atoms with E-state index in [1.54, 1.807) is 0 Å². The average Bonchev–Trinajstić information content (AvgIpc) is 2.00. The van der Waals surface area contributed by atoms with Crippen molar-refractivity contribution in [2.75, 3.05) is 0 Å². The van der Waals surface area contributed by atoms with Crippen molar-refractivity contribution in [3.8, 4) is 0 Å². The first-order valence-electron chi connectivity index (χ1n) is 3.08. The van der Waals surface area contributed by atoms with Gasteiger partial charge in [0.25, 0.3) is 0 Å². The number of carboxylic acid groups (broad SMARTS) is 1. The summed E-state index contributed by atoms with van der Waals surface area (Å²) in [6.07, 6.45) is -6.59. The number of carboxylic acids is 1. The molecular weight excluding hydrogens is 237 g/mol. The van der Waals surface area contributed by atoms with E-state index in [-0.39, 0.29) is 0 Å². The Balaban J connectivity index is 5.38. The zero-order valence-electron chi connectivity index (χ0n) is 6.67. The van der Waals surface area contributed by atoms with Crippen molar-refractivity contribution in [2.24, 2.45) is 0 Å². The van der Waals surface area contributed by atoms with Crippen LogP contribution < -0.4 is 5.11 Å². The summed E-state index contributed by atoms with van der Waals surface area (Å²) in [5, 5.41) is 9.73. The summed E-state index contributed by atoms with van der Waals surface area (Å²) in [6.45, 7) is 1.91. The van der Waals surface area contributed by atoms with Gasteiger partial charge in [-0.3, -0.25) is 0 Å². The molecule has 0 unspecified atom stereocenters. The van der Waals surface area contributed by atoms with Gasteiger partial charge in [-0.05, 0) is 0 Å². The van der Waals surface area contributed by atoms with Gasteiger partial charge in [0, 0.05) is 5.57 Å². The monoisotopic (exact) mass is 239 g/mol. The molecule has 9 heteroatoms. The second kappa shape index (κ2) is 3.38. The Morgan fingerprint density at radius 3 is 1.53 bits per heavy atom. The molecule has 0 aliphatic carbocycles. The van der Waals surface area contributed by atoms with Gasteiger partial charge < -0.3 is 9.90 Å². The molecule has 0 fully saturated rings. The molecule has 2 nitrogen and oxygen atoms in total. The Kier molecular flexibility index (Phi) is 3.10. The van der Waals surface area contributed by atoms with Crippen LogP contribution in [0.3, 0.4) is 0 Å². The highest BCUT2D eigenvalue weighted by molar-refractivity contribution is 5.86. The molecule has 0 bridgehead atoms. The highest BCUT2D eigenvalue weighted by Crippen LogP contribution is 2.49. The van der Waals surface area contributed by atoms with Crippen LogP contribution in [-0.2, 0) is 4.79 Å². The zero-order chi connectivity index (χ0) is 12.7. The number of rotatable bonds is 3. The van der Waals surface area contributed by atoms with Crippen molar-refractivity contribution < 1.29 is 40.6 Å². The fourth-order valence-electron chi connectivity index (χ4n) is 0.496. The molecule has 0 heterocycles. The van der Waals surface area contributed by atoms with E-state index in [0.717, 1.165) is 0 Å². The summed E-state index contributed by atoms with van der Waals surface area (Å²) in [7, 11) is 0. The molecule has 88 valence electrons. The zero-order valence-corrected chi connectivity index (χ0v) is 6.67. The molecule has 0 N–H and O–H groups in total. The SMILES string of the molecule is C=C(C(=O)[O-])C(F)(F)C(F)(F)C(F)(F)F. The Morgan fingerprint density at radius 1 is 1.00 bits per heavy atom. The van der Waals surface area contributed by atoms with E-state index in [0.29, 0.717) is 0 Å². The van der Waals surface area contributed by atoms with E-state index in [9.17, 15) is 40.6 Å². The minimum atomic E-state index is -6.59. The molecule has 0 radical (unpaired) electrons. The topological polar surface area (TPSA) is 40.1 Å². The van der Waals surface area contributed by atoms with Crippen molar-refractivity contribution in [3.05, 3.63) is 12.2 Å². The fraction of sp³-hybridized carbons (Fsp3) is 0.500. The van der Waals surface area contributed by atoms with Crippen molar-refractivity contribution in [1.82, 2.24) is 0 Å². The van der Waals surface area contributed by atoms with Crippen LogP contribution in [-0.4, -0.2) is 24.0 Å². The number of alkyl halides is 7. The summed E-state index contributed by atoms with van der Waals surface area (Å²) in [4.78, 5) is 9.73. The number of halogens is 7. The van der Waals surface area contributed by atoms with Gasteiger partial charge >= 0.3 is 18.0 Å². The van der Waals surface area contributed by atoms with Gasteiger partial charge in [0.15, 0.2) is 0 Å². The highest BCUT2D eigenvalue weighted by atomic mass is 19.4. The van der Waals surface area contributed by atoms with Crippen molar-refractivity contribution >= 4 is 5.97 Å². The third-order valence-corrected chi connectivity index (χ3v) is 1.38. The van der Waals surface area contributed by atoms with Crippen LogP contribution in [0.15, 0.2) is 12.2 Å². The third kappa shape index (κ3) is 2.05. The Labute approximate surface area is 78.0 Å². The number of hydrogen-bond acceptors (Lipinski definition) is 2. The molecular formula is C6H2F7O2-. The molecule has 0 aromatic rings. The van der Waals surface area contributed by atoms with Gasteiger partial charge in [0.1, 0.15) is 0 Å². The largest absolute Gasteiger partial charge is 0.545 e. The van der Waals surface area contributed by atoms with Gasteiger partial charge in [-0.15, -0.1) is 0 Å². The first-order valence-corrected chi connectivity index (χ1v) is 3.08. The lowest BCUT2D eigenvalue weighted by molar-refractivity contribution is -0.349. The van der Waals surface area contributed by atoms with E-state index < -0.39 is 29.6 Å². The summed E-state index contributed by atoms with van der Waals surface area (Å²) in [5.41, 5.74) is -2.63. The summed E-state index contributed by atoms with van der Waals surface area (Å²) < 4.78 is 83.3. The molecule has 0 spiro atoms. The number of aliphatic carboxylic acids is 1. The lowest BCUT2D eigenvalue weighted by Gasteiger charge is -2.29. The molecule has 0 aliphatic heterocycles.